The van der Waals surface area contributed by atoms with Gasteiger partial charge in [0.1, 0.15) is 11.6 Å². The normalized spacial score (nSPS) is 10.5. The van der Waals surface area contributed by atoms with Gasteiger partial charge >= 0.3 is 0 Å². The van der Waals surface area contributed by atoms with Crippen LogP contribution in [0.25, 0.3) is 0 Å². The first-order valence-corrected chi connectivity index (χ1v) is 7.46. The maximum atomic E-state index is 4.62. The van der Waals surface area contributed by atoms with E-state index in [2.05, 4.69) is 59.5 Å². The van der Waals surface area contributed by atoms with Gasteiger partial charge in [-0.05, 0) is 24.8 Å². The van der Waals surface area contributed by atoms with Crippen molar-refractivity contribution >= 4 is 5.82 Å². The number of rotatable bonds is 7. The molecule has 1 aromatic heterocycles. The summed E-state index contributed by atoms with van der Waals surface area (Å²) in [6.07, 6.45) is 3.92. The Bertz CT molecular complexity index is 523. The summed E-state index contributed by atoms with van der Waals surface area (Å²) in [5.74, 6) is 1.90. The lowest BCUT2D eigenvalue weighted by Crippen LogP contribution is -2.08. The second kappa shape index (κ2) is 7.63. The Balaban J connectivity index is 2.06. The number of anilines is 1. The predicted molar refractivity (Wildman–Crippen MR) is 84.0 cm³/mol. The van der Waals surface area contributed by atoms with Crippen LogP contribution < -0.4 is 5.32 Å². The number of nitrogens with zero attached hydrogens (tertiary/aromatic N) is 2. The van der Waals surface area contributed by atoms with Gasteiger partial charge in [-0.1, -0.05) is 44.2 Å². The lowest BCUT2D eigenvalue weighted by Gasteiger charge is -2.08. The summed E-state index contributed by atoms with van der Waals surface area (Å²) in [5.41, 5.74) is 2.45. The first-order chi connectivity index (χ1) is 9.81. The molecular weight excluding hydrogens is 246 g/mol. The zero-order valence-electron chi connectivity index (χ0n) is 12.4. The Kier molecular flexibility index (Phi) is 5.54. The molecule has 2 aromatic rings. The van der Waals surface area contributed by atoms with E-state index in [0.717, 1.165) is 49.6 Å². The van der Waals surface area contributed by atoms with E-state index in [1.807, 2.05) is 6.07 Å². The maximum absolute atomic E-state index is 4.62. The first-order valence-electron chi connectivity index (χ1n) is 7.46. The molecule has 0 unspecified atom stereocenters. The second-order valence-corrected chi connectivity index (χ2v) is 4.93. The number of hydrogen-bond acceptors (Lipinski definition) is 3. The van der Waals surface area contributed by atoms with Crippen LogP contribution in [0.15, 0.2) is 36.4 Å². The van der Waals surface area contributed by atoms with Crippen LogP contribution in [0.4, 0.5) is 5.82 Å². The van der Waals surface area contributed by atoms with Gasteiger partial charge in [0.05, 0.1) is 0 Å². The molecule has 0 bridgehead atoms. The Morgan fingerprint density at radius 1 is 1.00 bits per heavy atom. The molecule has 0 aliphatic heterocycles. The van der Waals surface area contributed by atoms with Gasteiger partial charge in [0.15, 0.2) is 0 Å². The largest absolute Gasteiger partial charge is 0.370 e. The Morgan fingerprint density at radius 3 is 2.50 bits per heavy atom. The van der Waals surface area contributed by atoms with Crippen LogP contribution in [0, 0.1) is 0 Å². The molecule has 0 aliphatic rings. The Hall–Kier alpha value is -1.90. The van der Waals surface area contributed by atoms with E-state index in [9.17, 15) is 0 Å². The molecule has 2 rings (SSSR count). The quantitative estimate of drug-likeness (QED) is 0.833. The maximum Gasteiger partial charge on any atom is 0.131 e. The first kappa shape index (κ1) is 14.5. The molecule has 3 nitrogen and oxygen atoms in total. The van der Waals surface area contributed by atoms with Crippen molar-refractivity contribution in [2.75, 3.05) is 11.9 Å². The smallest absolute Gasteiger partial charge is 0.131 e. The van der Waals surface area contributed by atoms with Gasteiger partial charge in [0.2, 0.25) is 0 Å². The molecule has 0 fully saturated rings. The number of aromatic nitrogens is 2. The van der Waals surface area contributed by atoms with Gasteiger partial charge in [-0.15, -0.1) is 0 Å². The van der Waals surface area contributed by atoms with Crippen LogP contribution in [0.2, 0.25) is 0 Å². The summed E-state index contributed by atoms with van der Waals surface area (Å²) < 4.78 is 0. The summed E-state index contributed by atoms with van der Waals surface area (Å²) in [7, 11) is 0. The number of nitrogens with one attached hydrogen (secondary N) is 1. The molecule has 1 N–H and O–H groups in total. The molecule has 0 radical (unpaired) electrons. The number of aryl methyl sites for hydroxylation is 3. The molecule has 1 aromatic carbocycles. The van der Waals surface area contributed by atoms with E-state index in [-0.39, 0.29) is 0 Å². The van der Waals surface area contributed by atoms with E-state index in [1.54, 1.807) is 0 Å². The summed E-state index contributed by atoms with van der Waals surface area (Å²) >= 11 is 0. The third kappa shape index (κ3) is 4.34. The van der Waals surface area contributed by atoms with Gasteiger partial charge in [-0.2, -0.15) is 0 Å². The van der Waals surface area contributed by atoms with Crippen molar-refractivity contribution in [3.05, 3.63) is 53.5 Å². The number of hydrogen-bond donors (Lipinski definition) is 1. The van der Waals surface area contributed by atoms with Crippen molar-refractivity contribution in [2.45, 2.75) is 39.5 Å². The highest BCUT2D eigenvalue weighted by molar-refractivity contribution is 5.36. The van der Waals surface area contributed by atoms with Gasteiger partial charge in [0, 0.05) is 24.7 Å². The van der Waals surface area contributed by atoms with E-state index >= 15 is 0 Å². The van der Waals surface area contributed by atoms with Crippen molar-refractivity contribution in [1.29, 1.82) is 0 Å². The highest BCUT2D eigenvalue weighted by Crippen LogP contribution is 2.10. The van der Waals surface area contributed by atoms with Crippen molar-refractivity contribution in [1.82, 2.24) is 9.97 Å². The lowest BCUT2D eigenvalue weighted by molar-refractivity contribution is 0.829. The topological polar surface area (TPSA) is 37.8 Å². The van der Waals surface area contributed by atoms with E-state index < -0.39 is 0 Å². The van der Waals surface area contributed by atoms with Gasteiger partial charge in [-0.25, -0.2) is 9.97 Å². The summed E-state index contributed by atoms with van der Waals surface area (Å²) in [4.78, 5) is 9.24. The molecule has 0 saturated carbocycles. The zero-order chi connectivity index (χ0) is 14.2. The van der Waals surface area contributed by atoms with Crippen molar-refractivity contribution in [3.63, 3.8) is 0 Å². The van der Waals surface area contributed by atoms with Crippen LogP contribution in [0.3, 0.4) is 0 Å². The highest BCUT2D eigenvalue weighted by Gasteiger charge is 2.04. The molecule has 20 heavy (non-hydrogen) atoms. The predicted octanol–water partition coefficient (Wildman–Crippen LogP) is 3.65. The zero-order valence-corrected chi connectivity index (χ0v) is 12.4. The minimum Gasteiger partial charge on any atom is -0.370 e. The van der Waals surface area contributed by atoms with Crippen LogP contribution in [-0.2, 0) is 19.3 Å². The van der Waals surface area contributed by atoms with Crippen LogP contribution in [-0.4, -0.2) is 16.5 Å². The SMILES string of the molecule is CCCNc1cc(CC)nc(CCc2ccccc2)n1. The number of benzene rings is 1. The van der Waals surface area contributed by atoms with Crippen molar-refractivity contribution in [2.24, 2.45) is 0 Å². The molecular formula is C17H23N3. The van der Waals surface area contributed by atoms with Crippen molar-refractivity contribution in [3.8, 4) is 0 Å². The minimum absolute atomic E-state index is 0.888. The Labute approximate surface area is 121 Å². The lowest BCUT2D eigenvalue weighted by atomic mass is 10.1. The molecule has 1 heterocycles. The minimum atomic E-state index is 0.888. The average molecular weight is 269 g/mol. The standard InChI is InChI=1S/C17H23N3/c1-3-12-18-17-13-15(4-2)19-16(20-17)11-10-14-8-6-5-7-9-14/h5-9,13H,3-4,10-12H2,1-2H3,(H,18,19,20). The second-order valence-electron chi connectivity index (χ2n) is 4.93. The fraction of sp³-hybridized carbons (Fsp3) is 0.412. The van der Waals surface area contributed by atoms with E-state index in [4.69, 9.17) is 0 Å². The van der Waals surface area contributed by atoms with Crippen LogP contribution in [0.1, 0.15) is 37.4 Å². The molecule has 3 heteroatoms. The molecule has 0 amide bonds. The molecule has 0 saturated heterocycles. The molecule has 0 spiro atoms. The third-order valence-corrected chi connectivity index (χ3v) is 3.22. The van der Waals surface area contributed by atoms with Crippen LogP contribution >= 0.6 is 0 Å². The fourth-order valence-electron chi connectivity index (χ4n) is 2.09. The van der Waals surface area contributed by atoms with E-state index in [1.165, 1.54) is 5.56 Å². The highest BCUT2D eigenvalue weighted by atomic mass is 15.0. The fourth-order valence-corrected chi connectivity index (χ4v) is 2.09. The van der Waals surface area contributed by atoms with E-state index in [0.29, 0.717) is 0 Å². The van der Waals surface area contributed by atoms with Gasteiger partial charge < -0.3 is 5.32 Å². The Morgan fingerprint density at radius 2 is 1.80 bits per heavy atom. The molecule has 0 atom stereocenters. The third-order valence-electron chi connectivity index (χ3n) is 3.22. The average Bonchev–Trinajstić information content (AvgIpc) is 2.51. The summed E-state index contributed by atoms with van der Waals surface area (Å²) in [5, 5.41) is 3.36. The molecule has 0 aliphatic carbocycles. The summed E-state index contributed by atoms with van der Waals surface area (Å²) in [6, 6.07) is 12.6. The van der Waals surface area contributed by atoms with Gasteiger partial charge in [0.25, 0.3) is 0 Å². The summed E-state index contributed by atoms with van der Waals surface area (Å²) in [6.45, 7) is 5.25. The van der Waals surface area contributed by atoms with Gasteiger partial charge in [-0.3, -0.25) is 0 Å². The monoisotopic (exact) mass is 269 g/mol. The van der Waals surface area contributed by atoms with Crippen molar-refractivity contribution < 1.29 is 0 Å². The van der Waals surface area contributed by atoms with Crippen LogP contribution in [0.5, 0.6) is 0 Å². The molecule has 106 valence electrons.